The van der Waals surface area contributed by atoms with Crippen molar-refractivity contribution in [2.24, 2.45) is 11.8 Å². The highest BCUT2D eigenvalue weighted by molar-refractivity contribution is 5.96. The lowest BCUT2D eigenvalue weighted by Gasteiger charge is -2.21. The molecule has 0 radical (unpaired) electrons. The van der Waals surface area contributed by atoms with Gasteiger partial charge in [-0.2, -0.15) is 13.2 Å². The standard InChI is InChI=1S/C15H12F3NO4/c16-15(17,18)7-2-1-3-8(6-7)19-13(20)11-9-4-5-10(23-9)12(11)14(21)22/h1-6,9-12H,(H,19,20)(H,21,22)/t9-,10+,11-,12-/m0/s1. The third kappa shape index (κ3) is 2.81. The first-order valence-electron chi connectivity index (χ1n) is 6.82. The van der Waals surface area contributed by atoms with E-state index in [1.807, 2.05) is 0 Å². The second-order valence-corrected chi connectivity index (χ2v) is 5.41. The summed E-state index contributed by atoms with van der Waals surface area (Å²) in [4.78, 5) is 23.6. The zero-order chi connectivity index (χ0) is 16.8. The molecule has 5 nitrogen and oxygen atoms in total. The number of fused-ring (bicyclic) bond motifs is 2. The topological polar surface area (TPSA) is 75.6 Å². The fourth-order valence-electron chi connectivity index (χ4n) is 2.91. The summed E-state index contributed by atoms with van der Waals surface area (Å²) in [7, 11) is 0. The Balaban J connectivity index is 1.80. The number of alkyl halides is 3. The molecule has 1 aromatic rings. The molecule has 2 aliphatic rings. The average Bonchev–Trinajstić information content (AvgIpc) is 3.07. The van der Waals surface area contributed by atoms with Gasteiger partial charge in [0.25, 0.3) is 0 Å². The second-order valence-electron chi connectivity index (χ2n) is 5.41. The van der Waals surface area contributed by atoms with E-state index in [2.05, 4.69) is 5.32 Å². The number of halogens is 3. The van der Waals surface area contributed by atoms with Gasteiger partial charge in [-0.1, -0.05) is 18.2 Å². The fourth-order valence-corrected chi connectivity index (χ4v) is 2.91. The lowest BCUT2D eigenvalue weighted by atomic mass is 9.82. The summed E-state index contributed by atoms with van der Waals surface area (Å²) in [5.74, 6) is -3.87. The van der Waals surface area contributed by atoms with E-state index in [9.17, 15) is 27.9 Å². The van der Waals surface area contributed by atoms with Gasteiger partial charge in [-0.25, -0.2) is 0 Å². The van der Waals surface area contributed by atoms with Crippen molar-refractivity contribution in [3.8, 4) is 0 Å². The molecule has 8 heteroatoms. The van der Waals surface area contributed by atoms with Crippen LogP contribution in [-0.4, -0.2) is 29.2 Å². The number of anilines is 1. The Morgan fingerprint density at radius 3 is 2.39 bits per heavy atom. The highest BCUT2D eigenvalue weighted by Crippen LogP contribution is 2.40. The molecule has 122 valence electrons. The SMILES string of the molecule is O=C(Nc1cccc(C(F)(F)F)c1)[C@@H]1[C@@H](C(=O)O)[C@H]2C=C[C@@H]1O2. The molecule has 2 N–H and O–H groups in total. The lowest BCUT2D eigenvalue weighted by Crippen LogP contribution is -2.39. The van der Waals surface area contributed by atoms with Gasteiger partial charge in [-0.3, -0.25) is 9.59 Å². The molecule has 4 atom stereocenters. The number of ether oxygens (including phenoxy) is 1. The van der Waals surface area contributed by atoms with Crippen LogP contribution in [-0.2, 0) is 20.5 Å². The highest BCUT2D eigenvalue weighted by atomic mass is 19.4. The number of rotatable bonds is 3. The van der Waals surface area contributed by atoms with Crippen LogP contribution in [0.5, 0.6) is 0 Å². The molecular formula is C15H12F3NO4. The molecule has 2 aliphatic heterocycles. The Morgan fingerprint density at radius 2 is 1.78 bits per heavy atom. The van der Waals surface area contributed by atoms with Crippen molar-refractivity contribution < 1.29 is 32.6 Å². The summed E-state index contributed by atoms with van der Waals surface area (Å²) < 4.78 is 43.4. The van der Waals surface area contributed by atoms with E-state index in [4.69, 9.17) is 4.74 Å². The average molecular weight is 327 g/mol. The Labute approximate surface area is 128 Å². The van der Waals surface area contributed by atoms with Crippen molar-refractivity contribution in [3.63, 3.8) is 0 Å². The molecule has 0 aliphatic carbocycles. The van der Waals surface area contributed by atoms with Gasteiger partial charge >= 0.3 is 12.1 Å². The maximum Gasteiger partial charge on any atom is 0.416 e. The number of carbonyl (C=O) groups excluding carboxylic acids is 1. The molecule has 1 amide bonds. The third-order valence-corrected chi connectivity index (χ3v) is 3.94. The largest absolute Gasteiger partial charge is 0.481 e. The first-order valence-corrected chi connectivity index (χ1v) is 6.82. The summed E-state index contributed by atoms with van der Waals surface area (Å²) in [5, 5.41) is 11.6. The zero-order valence-corrected chi connectivity index (χ0v) is 11.6. The molecule has 23 heavy (non-hydrogen) atoms. The van der Waals surface area contributed by atoms with Crippen LogP contribution in [0, 0.1) is 11.8 Å². The molecule has 0 saturated carbocycles. The number of carboxylic acid groups (broad SMARTS) is 1. The number of hydrogen-bond acceptors (Lipinski definition) is 3. The van der Waals surface area contributed by atoms with Gasteiger partial charge in [0.15, 0.2) is 0 Å². The minimum absolute atomic E-state index is 0.0410. The summed E-state index contributed by atoms with van der Waals surface area (Å²) in [6.45, 7) is 0. The predicted octanol–water partition coefficient (Wildman–Crippen LogP) is 2.30. The van der Waals surface area contributed by atoms with Crippen LogP contribution < -0.4 is 5.32 Å². The molecule has 1 saturated heterocycles. The predicted molar refractivity (Wildman–Crippen MR) is 72.5 cm³/mol. The normalized spacial score (nSPS) is 28.8. The van der Waals surface area contributed by atoms with E-state index in [-0.39, 0.29) is 5.69 Å². The van der Waals surface area contributed by atoms with Crippen LogP contribution in [0.25, 0.3) is 0 Å². The van der Waals surface area contributed by atoms with Crippen LogP contribution in [0.1, 0.15) is 5.56 Å². The number of aliphatic carboxylic acids is 1. The lowest BCUT2D eigenvalue weighted by molar-refractivity contribution is -0.145. The first kappa shape index (κ1) is 15.5. The Bertz CT molecular complexity index is 686. The van der Waals surface area contributed by atoms with E-state index in [1.54, 1.807) is 12.2 Å². The van der Waals surface area contributed by atoms with E-state index in [0.717, 1.165) is 12.1 Å². The van der Waals surface area contributed by atoms with Crippen LogP contribution in [0.2, 0.25) is 0 Å². The minimum Gasteiger partial charge on any atom is -0.481 e. The van der Waals surface area contributed by atoms with Gasteiger partial charge in [0.05, 0.1) is 23.7 Å². The van der Waals surface area contributed by atoms with Crippen molar-refractivity contribution in [3.05, 3.63) is 42.0 Å². The molecule has 0 spiro atoms. The quantitative estimate of drug-likeness (QED) is 0.835. The van der Waals surface area contributed by atoms with Crippen LogP contribution in [0.4, 0.5) is 18.9 Å². The summed E-state index contributed by atoms with van der Waals surface area (Å²) in [6, 6.07) is 4.17. The molecule has 1 aromatic carbocycles. The van der Waals surface area contributed by atoms with E-state index >= 15 is 0 Å². The zero-order valence-electron chi connectivity index (χ0n) is 11.6. The summed E-state index contributed by atoms with van der Waals surface area (Å²) >= 11 is 0. The Hall–Kier alpha value is -2.35. The van der Waals surface area contributed by atoms with Crippen molar-refractivity contribution in [2.45, 2.75) is 18.4 Å². The summed E-state index contributed by atoms with van der Waals surface area (Å²) in [5.41, 5.74) is -0.935. The van der Waals surface area contributed by atoms with Gasteiger partial charge in [0.2, 0.25) is 5.91 Å². The number of benzene rings is 1. The molecular weight excluding hydrogens is 315 g/mol. The van der Waals surface area contributed by atoms with Gasteiger partial charge in [0, 0.05) is 5.69 Å². The Kier molecular flexibility index (Phi) is 3.63. The maximum atomic E-state index is 12.7. The van der Waals surface area contributed by atoms with Crippen molar-refractivity contribution in [2.75, 3.05) is 5.32 Å². The molecule has 2 heterocycles. The molecule has 3 rings (SSSR count). The highest BCUT2D eigenvalue weighted by Gasteiger charge is 2.53. The van der Waals surface area contributed by atoms with Gasteiger partial charge in [-0.05, 0) is 18.2 Å². The molecule has 0 unspecified atom stereocenters. The van der Waals surface area contributed by atoms with E-state index < -0.39 is 47.7 Å². The minimum atomic E-state index is -4.53. The van der Waals surface area contributed by atoms with Gasteiger partial charge in [0.1, 0.15) is 5.92 Å². The van der Waals surface area contributed by atoms with Crippen LogP contribution in [0.3, 0.4) is 0 Å². The van der Waals surface area contributed by atoms with Gasteiger partial charge in [-0.15, -0.1) is 0 Å². The van der Waals surface area contributed by atoms with Crippen molar-refractivity contribution in [1.29, 1.82) is 0 Å². The number of nitrogens with one attached hydrogen (secondary N) is 1. The third-order valence-electron chi connectivity index (χ3n) is 3.94. The monoisotopic (exact) mass is 327 g/mol. The number of hydrogen-bond donors (Lipinski definition) is 2. The summed E-state index contributed by atoms with van der Waals surface area (Å²) in [6.07, 6.45) is -2.71. The fraction of sp³-hybridized carbons (Fsp3) is 0.333. The molecule has 0 aromatic heterocycles. The van der Waals surface area contributed by atoms with E-state index in [1.165, 1.54) is 12.1 Å². The molecule has 2 bridgehead atoms. The first-order chi connectivity index (χ1) is 10.8. The molecule has 1 fully saturated rings. The second kappa shape index (κ2) is 5.38. The number of carboxylic acids is 1. The van der Waals surface area contributed by atoms with Crippen molar-refractivity contribution >= 4 is 17.6 Å². The Morgan fingerprint density at radius 1 is 1.13 bits per heavy atom. The van der Waals surface area contributed by atoms with Crippen molar-refractivity contribution in [1.82, 2.24) is 0 Å². The van der Waals surface area contributed by atoms with Crippen LogP contribution >= 0.6 is 0 Å². The number of amides is 1. The number of carbonyl (C=O) groups is 2. The smallest absolute Gasteiger partial charge is 0.416 e. The van der Waals surface area contributed by atoms with Gasteiger partial charge < -0.3 is 15.2 Å². The maximum absolute atomic E-state index is 12.7. The van der Waals surface area contributed by atoms with E-state index in [0.29, 0.717) is 0 Å². The van der Waals surface area contributed by atoms with Crippen LogP contribution in [0.15, 0.2) is 36.4 Å².